The predicted octanol–water partition coefficient (Wildman–Crippen LogP) is 3.89. The van der Waals surface area contributed by atoms with Crippen molar-refractivity contribution in [3.63, 3.8) is 0 Å². The standard InChI is InChI=1S/C24H19F3N2O4/c1-32-14-7-5-11(6-8-14)20-19-15-10-16(21(19)33-28-20)18-17(15)22(30)29(23(18)31)13-4-2-3-12(9-13)24(25,26)27/h2-9,15-19,21H,10H2,1H3/t15-,16+,17+,18-,19+,21+/m0/s1. The highest BCUT2D eigenvalue weighted by Crippen LogP contribution is 2.62. The number of alkyl halides is 3. The molecule has 9 heteroatoms. The summed E-state index contributed by atoms with van der Waals surface area (Å²) in [6, 6.07) is 11.8. The molecule has 2 aliphatic heterocycles. The van der Waals surface area contributed by atoms with Crippen molar-refractivity contribution < 1.29 is 32.3 Å². The Labute approximate surface area is 187 Å². The fourth-order valence-corrected chi connectivity index (χ4v) is 6.20. The lowest BCUT2D eigenvalue weighted by molar-refractivity contribution is -0.137. The topological polar surface area (TPSA) is 68.2 Å². The van der Waals surface area contributed by atoms with E-state index in [1.54, 1.807) is 7.11 Å². The molecule has 33 heavy (non-hydrogen) atoms. The van der Waals surface area contributed by atoms with Gasteiger partial charge in [-0.15, -0.1) is 0 Å². The number of carbonyl (C=O) groups excluding carboxylic acids is 2. The van der Waals surface area contributed by atoms with Crippen molar-refractivity contribution in [2.75, 3.05) is 12.0 Å². The molecule has 6 atom stereocenters. The van der Waals surface area contributed by atoms with E-state index < -0.39 is 35.4 Å². The molecule has 1 saturated heterocycles. The molecule has 3 fully saturated rings. The molecule has 2 bridgehead atoms. The summed E-state index contributed by atoms with van der Waals surface area (Å²) in [6.07, 6.45) is -4.22. The third-order valence-corrected chi connectivity index (χ3v) is 7.51. The molecule has 0 radical (unpaired) electrons. The van der Waals surface area contributed by atoms with Crippen molar-refractivity contribution in [1.29, 1.82) is 0 Å². The minimum Gasteiger partial charge on any atom is -0.497 e. The number of methoxy groups -OCH3 is 1. The van der Waals surface area contributed by atoms with Gasteiger partial charge in [-0.1, -0.05) is 11.2 Å². The number of hydrogen-bond donors (Lipinski definition) is 0. The third kappa shape index (κ3) is 2.77. The SMILES string of the molecule is COc1ccc(C2=NO[C@@H]3[C@@H]4C[C@@H]([C@H]5C(=O)N(c6cccc(C(F)(F)F)c6)C(=O)[C@@H]45)[C@H]23)cc1. The molecule has 4 aliphatic rings. The number of rotatable bonds is 3. The molecule has 0 unspecified atom stereocenters. The molecule has 2 saturated carbocycles. The Kier molecular flexibility index (Phi) is 4.19. The summed E-state index contributed by atoms with van der Waals surface area (Å²) in [5.74, 6) is -1.84. The van der Waals surface area contributed by atoms with Gasteiger partial charge in [0, 0.05) is 17.4 Å². The number of halogens is 3. The monoisotopic (exact) mass is 456 g/mol. The molecule has 2 heterocycles. The first-order chi connectivity index (χ1) is 15.8. The zero-order chi connectivity index (χ0) is 23.1. The molecular weight excluding hydrogens is 437 g/mol. The lowest BCUT2D eigenvalue weighted by Crippen LogP contribution is -2.41. The Morgan fingerprint density at radius 3 is 2.36 bits per heavy atom. The second-order valence-electron chi connectivity index (χ2n) is 8.98. The van der Waals surface area contributed by atoms with Crippen LogP contribution in [0, 0.1) is 29.6 Å². The van der Waals surface area contributed by atoms with Crippen LogP contribution in [-0.4, -0.2) is 30.7 Å². The van der Waals surface area contributed by atoms with Crippen molar-refractivity contribution in [3.8, 4) is 5.75 Å². The van der Waals surface area contributed by atoms with Crippen molar-refractivity contribution in [3.05, 3.63) is 59.7 Å². The summed E-state index contributed by atoms with van der Waals surface area (Å²) >= 11 is 0. The maximum absolute atomic E-state index is 13.4. The van der Waals surface area contributed by atoms with E-state index in [0.29, 0.717) is 12.2 Å². The minimum absolute atomic E-state index is 0.0382. The van der Waals surface area contributed by atoms with E-state index in [9.17, 15) is 22.8 Å². The summed E-state index contributed by atoms with van der Waals surface area (Å²) in [7, 11) is 1.58. The van der Waals surface area contributed by atoms with Gasteiger partial charge in [-0.25, -0.2) is 0 Å². The Hall–Kier alpha value is -3.36. The fourth-order valence-electron chi connectivity index (χ4n) is 6.20. The average molecular weight is 456 g/mol. The highest BCUT2D eigenvalue weighted by Gasteiger charge is 2.70. The highest BCUT2D eigenvalue weighted by atomic mass is 19.4. The van der Waals surface area contributed by atoms with Crippen LogP contribution in [0.2, 0.25) is 0 Å². The Bertz CT molecular complexity index is 1190. The Morgan fingerprint density at radius 2 is 1.70 bits per heavy atom. The van der Waals surface area contributed by atoms with Gasteiger partial charge in [0.15, 0.2) is 0 Å². The lowest BCUT2D eigenvalue weighted by atomic mass is 9.71. The molecule has 170 valence electrons. The van der Waals surface area contributed by atoms with Crippen molar-refractivity contribution in [2.45, 2.75) is 18.7 Å². The normalized spacial score (nSPS) is 32.0. The van der Waals surface area contributed by atoms with Gasteiger partial charge in [-0.2, -0.15) is 13.2 Å². The third-order valence-electron chi connectivity index (χ3n) is 7.51. The molecule has 6 nitrogen and oxygen atoms in total. The summed E-state index contributed by atoms with van der Waals surface area (Å²) in [5.41, 5.74) is 0.670. The zero-order valence-electron chi connectivity index (χ0n) is 17.5. The summed E-state index contributed by atoms with van der Waals surface area (Å²) < 4.78 is 44.8. The van der Waals surface area contributed by atoms with Crippen molar-refractivity contribution >= 4 is 23.2 Å². The van der Waals surface area contributed by atoms with Gasteiger partial charge in [0.25, 0.3) is 0 Å². The minimum atomic E-state index is -4.56. The van der Waals surface area contributed by atoms with Crippen LogP contribution >= 0.6 is 0 Å². The van der Waals surface area contributed by atoms with Crippen LogP contribution in [0.5, 0.6) is 5.75 Å². The quantitative estimate of drug-likeness (QED) is 0.658. The number of carbonyl (C=O) groups is 2. The van der Waals surface area contributed by atoms with E-state index in [0.717, 1.165) is 28.3 Å². The van der Waals surface area contributed by atoms with Gasteiger partial charge in [0.1, 0.15) is 11.9 Å². The number of hydrogen-bond acceptors (Lipinski definition) is 5. The van der Waals surface area contributed by atoms with Crippen LogP contribution < -0.4 is 9.64 Å². The van der Waals surface area contributed by atoms with E-state index >= 15 is 0 Å². The van der Waals surface area contributed by atoms with Crippen molar-refractivity contribution in [2.24, 2.45) is 34.7 Å². The second-order valence-corrected chi connectivity index (χ2v) is 8.98. The highest BCUT2D eigenvalue weighted by molar-refractivity contribution is 6.23. The second kappa shape index (κ2) is 6.82. The van der Waals surface area contributed by atoms with Crippen LogP contribution in [0.4, 0.5) is 18.9 Å². The predicted molar refractivity (Wildman–Crippen MR) is 110 cm³/mol. The van der Waals surface area contributed by atoms with Gasteiger partial charge in [0.05, 0.1) is 35.9 Å². The van der Waals surface area contributed by atoms with Gasteiger partial charge in [-0.05, 0) is 54.8 Å². The summed E-state index contributed by atoms with van der Waals surface area (Å²) in [4.78, 5) is 33.4. The maximum atomic E-state index is 13.4. The molecule has 0 spiro atoms. The molecule has 2 aromatic carbocycles. The van der Waals surface area contributed by atoms with E-state index in [2.05, 4.69) is 5.16 Å². The number of oxime groups is 1. The number of anilines is 1. The van der Waals surface area contributed by atoms with Crippen LogP contribution in [-0.2, 0) is 20.6 Å². The molecule has 2 amide bonds. The Morgan fingerprint density at radius 1 is 1.00 bits per heavy atom. The molecule has 2 aromatic rings. The van der Waals surface area contributed by atoms with Crippen LogP contribution in [0.15, 0.2) is 53.7 Å². The van der Waals surface area contributed by atoms with Crippen molar-refractivity contribution in [1.82, 2.24) is 0 Å². The van der Waals surface area contributed by atoms with E-state index in [1.165, 1.54) is 12.1 Å². The van der Waals surface area contributed by atoms with E-state index in [4.69, 9.17) is 9.57 Å². The number of nitrogens with zero attached hydrogens (tertiary/aromatic N) is 2. The number of amides is 2. The van der Waals surface area contributed by atoms with Crippen LogP contribution in [0.25, 0.3) is 0 Å². The fraction of sp³-hybridized carbons (Fsp3) is 0.375. The smallest absolute Gasteiger partial charge is 0.416 e. The van der Waals surface area contributed by atoms with E-state index in [1.807, 2.05) is 24.3 Å². The number of imide groups is 1. The Balaban J connectivity index is 1.32. The van der Waals surface area contributed by atoms with Crippen LogP contribution in [0.3, 0.4) is 0 Å². The van der Waals surface area contributed by atoms with Gasteiger partial charge < -0.3 is 9.57 Å². The first kappa shape index (κ1) is 20.3. The maximum Gasteiger partial charge on any atom is 0.416 e. The molecule has 6 rings (SSSR count). The zero-order valence-corrected chi connectivity index (χ0v) is 17.5. The van der Waals surface area contributed by atoms with Crippen LogP contribution in [0.1, 0.15) is 17.5 Å². The molecule has 0 aromatic heterocycles. The van der Waals surface area contributed by atoms with Gasteiger partial charge in [0.2, 0.25) is 11.8 Å². The van der Waals surface area contributed by atoms with Gasteiger partial charge in [-0.3, -0.25) is 14.5 Å². The molecule has 0 N–H and O–H groups in total. The van der Waals surface area contributed by atoms with E-state index in [-0.39, 0.29) is 29.5 Å². The molecular formula is C24H19F3N2O4. The average Bonchev–Trinajstić information content (AvgIpc) is 3.53. The van der Waals surface area contributed by atoms with Gasteiger partial charge >= 0.3 is 6.18 Å². The molecule has 2 aliphatic carbocycles. The summed E-state index contributed by atoms with van der Waals surface area (Å²) in [5, 5.41) is 4.29. The lowest BCUT2D eigenvalue weighted by Gasteiger charge is -2.29. The largest absolute Gasteiger partial charge is 0.497 e. The number of fused-ring (bicyclic) bond motifs is 8. The number of benzene rings is 2. The number of ether oxygens (including phenoxy) is 1. The first-order valence-corrected chi connectivity index (χ1v) is 10.7. The first-order valence-electron chi connectivity index (χ1n) is 10.7. The summed E-state index contributed by atoms with van der Waals surface area (Å²) in [6.45, 7) is 0.